The highest BCUT2D eigenvalue weighted by atomic mass is 16.2. The van der Waals surface area contributed by atoms with E-state index in [1.54, 1.807) is 24.1 Å². The molecular formula is C13H16N4O3. The Morgan fingerprint density at radius 1 is 1.20 bits per heavy atom. The highest BCUT2D eigenvalue weighted by molar-refractivity contribution is 6.44. The minimum absolute atomic E-state index is 0.0977. The lowest BCUT2D eigenvalue weighted by atomic mass is 10.2. The second-order valence-corrected chi connectivity index (χ2v) is 5.31. The van der Waals surface area contributed by atoms with Gasteiger partial charge in [0.15, 0.2) is 0 Å². The molecule has 0 atom stereocenters. The Kier molecular flexibility index (Phi) is 3.04. The Hall–Kier alpha value is -2.18. The van der Waals surface area contributed by atoms with Crippen molar-refractivity contribution in [3.8, 4) is 0 Å². The van der Waals surface area contributed by atoms with E-state index in [-0.39, 0.29) is 12.6 Å². The van der Waals surface area contributed by atoms with E-state index in [1.807, 2.05) is 0 Å². The van der Waals surface area contributed by atoms with Crippen LogP contribution in [0.15, 0.2) is 12.4 Å². The zero-order valence-corrected chi connectivity index (χ0v) is 11.3. The first-order chi connectivity index (χ1) is 9.58. The van der Waals surface area contributed by atoms with Gasteiger partial charge < -0.3 is 0 Å². The molecule has 7 nitrogen and oxygen atoms in total. The average Bonchev–Trinajstić information content (AvgIpc) is 3.10. The molecular weight excluding hydrogens is 260 g/mol. The molecule has 0 N–H and O–H groups in total. The molecule has 7 heteroatoms. The number of hydrogen-bond donors (Lipinski definition) is 0. The van der Waals surface area contributed by atoms with Crippen LogP contribution in [0.3, 0.4) is 0 Å². The molecule has 0 spiro atoms. The van der Waals surface area contributed by atoms with Crippen LogP contribution in [0.2, 0.25) is 0 Å². The largest absolute Gasteiger partial charge is 0.334 e. The Morgan fingerprint density at radius 2 is 1.90 bits per heavy atom. The van der Waals surface area contributed by atoms with Gasteiger partial charge >= 0.3 is 17.8 Å². The highest BCUT2D eigenvalue weighted by Crippen LogP contribution is 2.28. The van der Waals surface area contributed by atoms with Crippen LogP contribution < -0.4 is 0 Å². The van der Waals surface area contributed by atoms with Crippen LogP contribution in [0.4, 0.5) is 4.79 Å². The van der Waals surface area contributed by atoms with E-state index in [4.69, 9.17) is 0 Å². The molecule has 20 heavy (non-hydrogen) atoms. The maximum absolute atomic E-state index is 12.3. The van der Waals surface area contributed by atoms with Gasteiger partial charge in [-0.15, -0.1) is 0 Å². The van der Waals surface area contributed by atoms with E-state index >= 15 is 0 Å². The monoisotopic (exact) mass is 276 g/mol. The lowest BCUT2D eigenvalue weighted by Gasteiger charge is -2.20. The number of carbonyl (C=O) groups excluding carboxylic acids is 3. The fourth-order valence-electron chi connectivity index (χ4n) is 2.88. The Bertz CT molecular complexity index is 574. The maximum atomic E-state index is 12.3. The number of hydrogen-bond acceptors (Lipinski definition) is 4. The number of aromatic nitrogens is 2. The predicted molar refractivity (Wildman–Crippen MR) is 68.3 cm³/mol. The van der Waals surface area contributed by atoms with Crippen molar-refractivity contribution in [3.63, 3.8) is 0 Å². The molecule has 4 amide bonds. The number of rotatable bonds is 3. The summed E-state index contributed by atoms with van der Waals surface area (Å²) in [6, 6.07) is -0.603. The van der Waals surface area contributed by atoms with Crippen molar-refractivity contribution in [2.75, 3.05) is 0 Å². The van der Waals surface area contributed by atoms with Crippen molar-refractivity contribution in [3.05, 3.63) is 18.0 Å². The summed E-state index contributed by atoms with van der Waals surface area (Å²) in [5, 5.41) is 3.99. The van der Waals surface area contributed by atoms with Crippen LogP contribution in [-0.2, 0) is 23.2 Å². The lowest BCUT2D eigenvalue weighted by molar-refractivity contribution is -0.144. The van der Waals surface area contributed by atoms with Crippen molar-refractivity contribution in [2.24, 2.45) is 7.05 Å². The third-order valence-electron chi connectivity index (χ3n) is 3.87. The molecule has 2 heterocycles. The van der Waals surface area contributed by atoms with Gasteiger partial charge in [-0.2, -0.15) is 5.10 Å². The molecule has 0 aromatic carbocycles. The molecule has 1 saturated heterocycles. The summed E-state index contributed by atoms with van der Waals surface area (Å²) in [7, 11) is 1.76. The first kappa shape index (κ1) is 12.8. The maximum Gasteiger partial charge on any atom is 0.334 e. The highest BCUT2D eigenvalue weighted by Gasteiger charge is 2.47. The van der Waals surface area contributed by atoms with Gasteiger partial charge in [-0.3, -0.25) is 24.1 Å². The van der Waals surface area contributed by atoms with Gasteiger partial charge in [-0.05, 0) is 12.8 Å². The van der Waals surface area contributed by atoms with Gasteiger partial charge in [0.1, 0.15) is 0 Å². The van der Waals surface area contributed by atoms with Crippen molar-refractivity contribution in [1.29, 1.82) is 0 Å². The summed E-state index contributed by atoms with van der Waals surface area (Å²) >= 11 is 0. The summed E-state index contributed by atoms with van der Waals surface area (Å²) < 4.78 is 1.59. The van der Waals surface area contributed by atoms with Crippen LogP contribution in [0.25, 0.3) is 0 Å². The van der Waals surface area contributed by atoms with Gasteiger partial charge in [0.05, 0.1) is 12.7 Å². The van der Waals surface area contributed by atoms with Crippen LogP contribution in [0.5, 0.6) is 0 Å². The van der Waals surface area contributed by atoms with Crippen LogP contribution in [0.1, 0.15) is 31.2 Å². The number of imide groups is 2. The molecule has 0 unspecified atom stereocenters. The molecule has 1 aliphatic heterocycles. The lowest BCUT2D eigenvalue weighted by Crippen LogP contribution is -2.39. The van der Waals surface area contributed by atoms with E-state index in [0.29, 0.717) is 0 Å². The molecule has 1 aliphatic carbocycles. The van der Waals surface area contributed by atoms with Crippen molar-refractivity contribution >= 4 is 17.8 Å². The number of nitrogens with zero attached hydrogens (tertiary/aromatic N) is 4. The third-order valence-corrected chi connectivity index (χ3v) is 3.87. The summed E-state index contributed by atoms with van der Waals surface area (Å²) in [4.78, 5) is 38.4. The Labute approximate surface area is 116 Å². The smallest absolute Gasteiger partial charge is 0.275 e. The molecule has 106 valence electrons. The fourth-order valence-corrected chi connectivity index (χ4v) is 2.88. The van der Waals surface area contributed by atoms with E-state index in [1.165, 1.54) is 0 Å². The first-order valence-corrected chi connectivity index (χ1v) is 6.74. The number of amides is 4. The minimum Gasteiger partial charge on any atom is -0.275 e. The summed E-state index contributed by atoms with van der Waals surface area (Å²) in [6.07, 6.45) is 6.90. The molecule has 3 rings (SSSR count). The zero-order valence-electron chi connectivity index (χ0n) is 11.3. The second-order valence-electron chi connectivity index (χ2n) is 5.31. The summed E-state index contributed by atoms with van der Waals surface area (Å²) in [6.45, 7) is 0.0977. The summed E-state index contributed by atoms with van der Waals surface area (Å²) in [5.74, 6) is -1.42. The molecule has 2 aliphatic rings. The quantitative estimate of drug-likeness (QED) is 0.600. The average molecular weight is 276 g/mol. The fraction of sp³-hybridized carbons (Fsp3) is 0.538. The Balaban J connectivity index is 1.80. The molecule has 0 bridgehead atoms. The summed E-state index contributed by atoms with van der Waals surface area (Å²) in [5.41, 5.74) is 0.732. The first-order valence-electron chi connectivity index (χ1n) is 6.74. The van der Waals surface area contributed by atoms with Gasteiger partial charge in [0.2, 0.25) is 0 Å². The molecule has 1 saturated carbocycles. The van der Waals surface area contributed by atoms with Gasteiger partial charge in [-0.1, -0.05) is 12.8 Å². The number of urea groups is 1. The molecule has 1 aromatic heterocycles. The number of aryl methyl sites for hydroxylation is 1. The van der Waals surface area contributed by atoms with Crippen LogP contribution in [0, 0.1) is 0 Å². The van der Waals surface area contributed by atoms with Crippen molar-refractivity contribution < 1.29 is 14.4 Å². The SMILES string of the molecule is Cn1cc(CN2C(=O)C(=O)N(C3CCCC3)C2=O)cn1. The number of carbonyl (C=O) groups is 3. The van der Waals surface area contributed by atoms with Crippen molar-refractivity contribution in [1.82, 2.24) is 19.6 Å². The minimum atomic E-state index is -0.731. The van der Waals surface area contributed by atoms with Crippen LogP contribution in [-0.4, -0.2) is 43.5 Å². The zero-order chi connectivity index (χ0) is 14.3. The standard InChI is InChI=1S/C13H16N4O3/c1-15-7-9(6-14-15)8-16-11(18)12(19)17(13(16)20)10-4-2-3-5-10/h6-7,10H,2-5,8H2,1H3. The van der Waals surface area contributed by atoms with Gasteiger partial charge in [0.25, 0.3) is 0 Å². The van der Waals surface area contributed by atoms with Gasteiger partial charge in [0, 0.05) is 24.8 Å². The third kappa shape index (κ3) is 1.99. The molecule has 1 aromatic rings. The molecule has 0 radical (unpaired) electrons. The molecule has 2 fully saturated rings. The van der Waals surface area contributed by atoms with Crippen LogP contribution >= 0.6 is 0 Å². The van der Waals surface area contributed by atoms with Gasteiger partial charge in [-0.25, -0.2) is 4.79 Å². The van der Waals surface area contributed by atoms with E-state index in [9.17, 15) is 14.4 Å². The van der Waals surface area contributed by atoms with E-state index < -0.39 is 17.8 Å². The van der Waals surface area contributed by atoms with E-state index in [0.717, 1.165) is 41.0 Å². The Morgan fingerprint density at radius 3 is 2.50 bits per heavy atom. The second kappa shape index (κ2) is 4.73. The topological polar surface area (TPSA) is 75.5 Å². The van der Waals surface area contributed by atoms with Crippen molar-refractivity contribution in [2.45, 2.75) is 38.3 Å². The van der Waals surface area contributed by atoms with E-state index in [2.05, 4.69) is 5.10 Å². The normalized spacial score (nSPS) is 20.6. The predicted octanol–water partition coefficient (Wildman–Crippen LogP) is 0.653.